The Bertz CT molecular complexity index is 352. The number of hydrogen-bond acceptors (Lipinski definition) is 2. The van der Waals surface area contributed by atoms with Crippen molar-refractivity contribution in [1.82, 2.24) is 4.90 Å². The molecule has 0 unspecified atom stereocenters. The van der Waals surface area contributed by atoms with E-state index >= 15 is 0 Å². The monoisotopic (exact) mass is 327 g/mol. The molecule has 1 aromatic carbocycles. The minimum absolute atomic E-state index is 0.411. The van der Waals surface area contributed by atoms with Crippen LogP contribution < -0.4 is 0 Å². The van der Waals surface area contributed by atoms with Crippen molar-refractivity contribution in [3.05, 3.63) is 34.3 Å². The first kappa shape index (κ1) is 16.7. The molecule has 0 spiro atoms. The maximum absolute atomic E-state index is 10.4. The van der Waals surface area contributed by atoms with Crippen LogP contribution in [0.15, 0.2) is 28.7 Å². The number of aliphatic hydroxyl groups excluding tert-OH is 1. The van der Waals surface area contributed by atoms with Gasteiger partial charge in [-0.15, -0.1) is 0 Å². The first-order valence-electron chi connectivity index (χ1n) is 7.04. The quantitative estimate of drug-likeness (QED) is 0.815. The summed E-state index contributed by atoms with van der Waals surface area (Å²) in [4.78, 5) is 2.36. The Hall–Kier alpha value is -0.380. The van der Waals surface area contributed by atoms with Gasteiger partial charge >= 0.3 is 0 Å². The van der Waals surface area contributed by atoms with Crippen molar-refractivity contribution in [1.29, 1.82) is 0 Å². The molecule has 0 aromatic heterocycles. The Morgan fingerprint density at radius 3 is 1.84 bits per heavy atom. The zero-order valence-corrected chi connectivity index (χ0v) is 14.0. The molecule has 3 heteroatoms. The van der Waals surface area contributed by atoms with E-state index in [1.165, 1.54) is 0 Å². The van der Waals surface area contributed by atoms with Gasteiger partial charge in [0.1, 0.15) is 0 Å². The minimum Gasteiger partial charge on any atom is -0.387 e. The van der Waals surface area contributed by atoms with Gasteiger partial charge < -0.3 is 5.11 Å². The van der Waals surface area contributed by atoms with Crippen LogP contribution >= 0.6 is 15.9 Å². The molecule has 0 aliphatic rings. The third-order valence-electron chi connectivity index (χ3n) is 2.93. The van der Waals surface area contributed by atoms with Crippen molar-refractivity contribution in [2.75, 3.05) is 19.6 Å². The first-order chi connectivity index (χ1) is 8.88. The van der Waals surface area contributed by atoms with Gasteiger partial charge in [-0.1, -0.05) is 55.8 Å². The molecule has 0 heterocycles. The van der Waals surface area contributed by atoms with E-state index in [9.17, 15) is 5.11 Å². The smallest absolute Gasteiger partial charge is 0.0916 e. The predicted molar refractivity (Wildman–Crippen MR) is 85.2 cm³/mol. The fraction of sp³-hybridized carbons (Fsp3) is 0.625. The van der Waals surface area contributed by atoms with E-state index in [1.807, 2.05) is 24.3 Å². The molecular weight excluding hydrogens is 302 g/mol. The normalized spacial score (nSPS) is 13.5. The van der Waals surface area contributed by atoms with Crippen LogP contribution in [-0.2, 0) is 0 Å². The van der Waals surface area contributed by atoms with Gasteiger partial charge in [0, 0.05) is 24.1 Å². The Kier molecular flexibility index (Phi) is 7.05. The van der Waals surface area contributed by atoms with Crippen molar-refractivity contribution in [2.45, 2.75) is 33.8 Å². The predicted octanol–water partition coefficient (Wildman–Crippen LogP) is 4.10. The Morgan fingerprint density at radius 2 is 1.42 bits per heavy atom. The topological polar surface area (TPSA) is 23.5 Å². The Morgan fingerprint density at radius 1 is 0.947 bits per heavy atom. The number of benzene rings is 1. The second-order valence-corrected chi connectivity index (χ2v) is 6.99. The molecule has 0 amide bonds. The summed E-state index contributed by atoms with van der Waals surface area (Å²) in [5.41, 5.74) is 0.987. The lowest BCUT2D eigenvalue weighted by atomic mass is 10.1. The van der Waals surface area contributed by atoms with Crippen LogP contribution in [0, 0.1) is 11.8 Å². The van der Waals surface area contributed by atoms with E-state index < -0.39 is 6.10 Å². The van der Waals surface area contributed by atoms with Crippen LogP contribution in [0.4, 0.5) is 0 Å². The summed E-state index contributed by atoms with van der Waals surface area (Å²) in [6.07, 6.45) is -0.411. The van der Waals surface area contributed by atoms with E-state index in [0.717, 1.165) is 23.1 Å². The molecule has 0 saturated carbocycles. The Balaban J connectivity index is 2.63. The molecule has 0 saturated heterocycles. The van der Waals surface area contributed by atoms with Gasteiger partial charge in [-0.05, 0) is 29.5 Å². The molecule has 0 fully saturated rings. The van der Waals surface area contributed by atoms with Crippen molar-refractivity contribution in [3.63, 3.8) is 0 Å². The molecule has 1 atom stereocenters. The molecule has 0 radical (unpaired) electrons. The summed E-state index contributed by atoms with van der Waals surface area (Å²) in [5, 5.41) is 10.4. The second kappa shape index (κ2) is 8.03. The van der Waals surface area contributed by atoms with Crippen molar-refractivity contribution in [2.24, 2.45) is 11.8 Å². The summed E-state index contributed by atoms with van der Waals surface area (Å²) < 4.78 is 1.05. The summed E-state index contributed by atoms with van der Waals surface area (Å²) in [6.45, 7) is 11.7. The molecular formula is C16H26BrNO. The highest BCUT2D eigenvalue weighted by atomic mass is 79.9. The van der Waals surface area contributed by atoms with Gasteiger partial charge in [0.05, 0.1) is 6.10 Å². The van der Waals surface area contributed by atoms with Crippen molar-refractivity contribution in [3.8, 4) is 0 Å². The number of hydrogen-bond donors (Lipinski definition) is 1. The van der Waals surface area contributed by atoms with Gasteiger partial charge in [0.2, 0.25) is 0 Å². The third kappa shape index (κ3) is 6.55. The highest BCUT2D eigenvalue weighted by Gasteiger charge is 2.15. The zero-order chi connectivity index (χ0) is 14.4. The van der Waals surface area contributed by atoms with Crippen LogP contribution in [0.2, 0.25) is 0 Å². The third-order valence-corrected chi connectivity index (χ3v) is 3.46. The molecule has 1 N–H and O–H groups in total. The molecule has 0 bridgehead atoms. The van der Waals surface area contributed by atoms with E-state index in [-0.39, 0.29) is 0 Å². The van der Waals surface area contributed by atoms with E-state index in [0.29, 0.717) is 18.4 Å². The van der Waals surface area contributed by atoms with Crippen molar-refractivity contribution < 1.29 is 5.11 Å². The van der Waals surface area contributed by atoms with E-state index in [4.69, 9.17) is 0 Å². The maximum atomic E-state index is 10.4. The lowest BCUT2D eigenvalue weighted by molar-refractivity contribution is 0.0987. The largest absolute Gasteiger partial charge is 0.387 e. The summed E-state index contributed by atoms with van der Waals surface area (Å²) >= 11 is 3.42. The van der Waals surface area contributed by atoms with Crippen LogP contribution in [0.3, 0.4) is 0 Å². The van der Waals surface area contributed by atoms with Gasteiger partial charge in [-0.25, -0.2) is 0 Å². The van der Waals surface area contributed by atoms with Crippen molar-refractivity contribution >= 4 is 15.9 Å². The zero-order valence-electron chi connectivity index (χ0n) is 12.4. The summed E-state index contributed by atoms with van der Waals surface area (Å²) in [6, 6.07) is 7.93. The number of halogens is 1. The number of nitrogens with zero attached hydrogens (tertiary/aromatic N) is 1. The van der Waals surface area contributed by atoms with Gasteiger partial charge in [-0.2, -0.15) is 0 Å². The molecule has 1 rings (SSSR count). The number of rotatable bonds is 7. The lowest BCUT2D eigenvalue weighted by Gasteiger charge is -2.28. The fourth-order valence-corrected chi connectivity index (χ4v) is 2.56. The summed E-state index contributed by atoms with van der Waals surface area (Å²) in [7, 11) is 0. The molecule has 0 aliphatic heterocycles. The minimum atomic E-state index is -0.411. The molecule has 1 aromatic rings. The van der Waals surface area contributed by atoms with Crippen LogP contribution in [0.25, 0.3) is 0 Å². The van der Waals surface area contributed by atoms with Crippen LogP contribution in [-0.4, -0.2) is 29.6 Å². The molecule has 108 valence electrons. The molecule has 0 aliphatic carbocycles. The van der Waals surface area contributed by atoms with E-state index in [2.05, 4.69) is 48.5 Å². The average molecular weight is 328 g/mol. The van der Waals surface area contributed by atoms with Gasteiger partial charge in [0.25, 0.3) is 0 Å². The lowest BCUT2D eigenvalue weighted by Crippen LogP contribution is -2.35. The van der Waals surface area contributed by atoms with Gasteiger partial charge in [0.15, 0.2) is 0 Å². The maximum Gasteiger partial charge on any atom is 0.0916 e. The fourth-order valence-electron chi connectivity index (χ4n) is 2.29. The molecule has 2 nitrogen and oxygen atoms in total. The highest BCUT2D eigenvalue weighted by Crippen LogP contribution is 2.18. The SMILES string of the molecule is CC(C)CN(CC(C)C)C[C@H](O)c1ccc(Br)cc1. The van der Waals surface area contributed by atoms with Crippen LogP contribution in [0.5, 0.6) is 0 Å². The standard InChI is InChI=1S/C16H26BrNO/c1-12(2)9-18(10-13(3)4)11-16(19)14-5-7-15(17)8-6-14/h5-8,12-13,16,19H,9-11H2,1-4H3/t16-/m0/s1. The Labute approximate surface area is 126 Å². The number of aliphatic hydroxyl groups is 1. The van der Waals surface area contributed by atoms with Crippen LogP contribution in [0.1, 0.15) is 39.4 Å². The second-order valence-electron chi connectivity index (χ2n) is 6.07. The average Bonchev–Trinajstić information content (AvgIpc) is 2.27. The van der Waals surface area contributed by atoms with E-state index in [1.54, 1.807) is 0 Å². The highest BCUT2D eigenvalue weighted by molar-refractivity contribution is 9.10. The summed E-state index contributed by atoms with van der Waals surface area (Å²) in [5.74, 6) is 1.24. The first-order valence-corrected chi connectivity index (χ1v) is 7.83. The van der Waals surface area contributed by atoms with Gasteiger partial charge in [-0.3, -0.25) is 4.90 Å². The molecule has 19 heavy (non-hydrogen) atoms.